The van der Waals surface area contributed by atoms with Gasteiger partial charge in [-0.25, -0.2) is 0 Å². The lowest BCUT2D eigenvalue weighted by Gasteiger charge is -2.35. The molecule has 1 N–H and O–H groups in total. The van der Waals surface area contributed by atoms with Crippen molar-refractivity contribution in [2.75, 3.05) is 39.9 Å². The summed E-state index contributed by atoms with van der Waals surface area (Å²) in [6, 6.07) is 0.721. The standard InChI is InChI=1S/C12H24N2O/c1-13-12-3-2-6-14(10-12)9-11-4-7-15-8-5-11/h11-13H,2-10H2,1H3. The summed E-state index contributed by atoms with van der Waals surface area (Å²) < 4.78 is 5.40. The van der Waals surface area contributed by atoms with Gasteiger partial charge in [0.15, 0.2) is 0 Å². The average molecular weight is 212 g/mol. The van der Waals surface area contributed by atoms with E-state index in [1.54, 1.807) is 0 Å². The average Bonchev–Trinajstić information content (AvgIpc) is 2.31. The van der Waals surface area contributed by atoms with Gasteiger partial charge in [0.1, 0.15) is 0 Å². The van der Waals surface area contributed by atoms with Gasteiger partial charge in [-0.15, -0.1) is 0 Å². The Morgan fingerprint density at radius 3 is 2.80 bits per heavy atom. The predicted octanol–water partition coefficient (Wildman–Crippen LogP) is 1.10. The van der Waals surface area contributed by atoms with Crippen molar-refractivity contribution in [3.05, 3.63) is 0 Å². The third-order valence-electron chi connectivity index (χ3n) is 3.77. The van der Waals surface area contributed by atoms with E-state index in [-0.39, 0.29) is 0 Å². The molecular weight excluding hydrogens is 188 g/mol. The van der Waals surface area contributed by atoms with Crippen molar-refractivity contribution in [1.82, 2.24) is 10.2 Å². The third-order valence-corrected chi connectivity index (χ3v) is 3.77. The summed E-state index contributed by atoms with van der Waals surface area (Å²) in [6.07, 6.45) is 5.23. The monoisotopic (exact) mass is 212 g/mol. The minimum absolute atomic E-state index is 0.721. The molecule has 2 heterocycles. The third kappa shape index (κ3) is 3.44. The smallest absolute Gasteiger partial charge is 0.0469 e. The molecule has 1 atom stereocenters. The van der Waals surface area contributed by atoms with Crippen molar-refractivity contribution < 1.29 is 4.74 Å². The highest BCUT2D eigenvalue weighted by molar-refractivity contribution is 4.79. The molecule has 0 aromatic heterocycles. The summed E-state index contributed by atoms with van der Waals surface area (Å²) in [6.45, 7) is 5.80. The molecule has 0 bridgehead atoms. The summed E-state index contributed by atoms with van der Waals surface area (Å²) in [4.78, 5) is 2.64. The van der Waals surface area contributed by atoms with Crippen LogP contribution in [-0.4, -0.2) is 50.8 Å². The molecular formula is C12H24N2O. The Morgan fingerprint density at radius 2 is 2.07 bits per heavy atom. The van der Waals surface area contributed by atoms with E-state index in [1.165, 1.54) is 45.3 Å². The Labute approximate surface area is 93.2 Å². The maximum absolute atomic E-state index is 5.40. The molecule has 0 spiro atoms. The second-order valence-corrected chi connectivity index (χ2v) is 4.94. The number of likely N-dealkylation sites (N-methyl/N-ethyl adjacent to an activating group) is 1. The van der Waals surface area contributed by atoms with Gasteiger partial charge in [-0.1, -0.05) is 0 Å². The summed E-state index contributed by atoms with van der Waals surface area (Å²) in [5.74, 6) is 0.884. The van der Waals surface area contributed by atoms with Crippen molar-refractivity contribution >= 4 is 0 Å². The Kier molecular flexibility index (Phi) is 4.42. The van der Waals surface area contributed by atoms with E-state index in [0.717, 1.165) is 25.2 Å². The number of hydrogen-bond acceptors (Lipinski definition) is 3. The molecule has 0 radical (unpaired) electrons. The van der Waals surface area contributed by atoms with E-state index >= 15 is 0 Å². The van der Waals surface area contributed by atoms with Crippen molar-refractivity contribution in [3.63, 3.8) is 0 Å². The Bertz CT molecular complexity index is 180. The fourth-order valence-corrected chi connectivity index (χ4v) is 2.75. The molecule has 3 heteroatoms. The van der Waals surface area contributed by atoms with Crippen LogP contribution < -0.4 is 5.32 Å². The van der Waals surface area contributed by atoms with Gasteiger partial charge < -0.3 is 15.0 Å². The second-order valence-electron chi connectivity index (χ2n) is 4.94. The van der Waals surface area contributed by atoms with Crippen LogP contribution in [0.1, 0.15) is 25.7 Å². The summed E-state index contributed by atoms with van der Waals surface area (Å²) in [7, 11) is 2.09. The minimum atomic E-state index is 0.721. The van der Waals surface area contributed by atoms with Crippen LogP contribution in [-0.2, 0) is 4.74 Å². The van der Waals surface area contributed by atoms with Crippen LogP contribution in [0, 0.1) is 5.92 Å². The number of nitrogens with one attached hydrogen (secondary N) is 1. The quantitative estimate of drug-likeness (QED) is 0.758. The highest BCUT2D eigenvalue weighted by atomic mass is 16.5. The Hall–Kier alpha value is -0.120. The number of ether oxygens (including phenoxy) is 1. The molecule has 2 fully saturated rings. The largest absolute Gasteiger partial charge is 0.381 e. The molecule has 2 aliphatic heterocycles. The molecule has 2 rings (SSSR count). The molecule has 3 nitrogen and oxygen atoms in total. The number of hydrogen-bond donors (Lipinski definition) is 1. The van der Waals surface area contributed by atoms with Gasteiger partial charge >= 0.3 is 0 Å². The van der Waals surface area contributed by atoms with Crippen molar-refractivity contribution in [1.29, 1.82) is 0 Å². The molecule has 2 aliphatic rings. The van der Waals surface area contributed by atoms with E-state index in [0.29, 0.717) is 0 Å². The SMILES string of the molecule is CNC1CCCN(CC2CCOCC2)C1. The molecule has 15 heavy (non-hydrogen) atoms. The molecule has 88 valence electrons. The summed E-state index contributed by atoms with van der Waals surface area (Å²) >= 11 is 0. The topological polar surface area (TPSA) is 24.5 Å². The highest BCUT2D eigenvalue weighted by Crippen LogP contribution is 2.18. The van der Waals surface area contributed by atoms with Crippen LogP contribution in [0.4, 0.5) is 0 Å². The van der Waals surface area contributed by atoms with Gasteiger partial charge in [-0.05, 0) is 45.2 Å². The zero-order valence-electron chi connectivity index (χ0n) is 9.87. The zero-order valence-corrected chi connectivity index (χ0v) is 9.87. The maximum atomic E-state index is 5.40. The van der Waals surface area contributed by atoms with E-state index in [1.807, 2.05) is 0 Å². The molecule has 0 saturated carbocycles. The minimum Gasteiger partial charge on any atom is -0.381 e. The Morgan fingerprint density at radius 1 is 1.27 bits per heavy atom. The molecule has 0 aliphatic carbocycles. The lowest BCUT2D eigenvalue weighted by molar-refractivity contribution is 0.0475. The zero-order chi connectivity index (χ0) is 10.5. The first-order valence-corrected chi connectivity index (χ1v) is 6.36. The number of rotatable bonds is 3. The van der Waals surface area contributed by atoms with E-state index in [2.05, 4.69) is 17.3 Å². The lowest BCUT2D eigenvalue weighted by atomic mass is 9.97. The van der Waals surface area contributed by atoms with E-state index < -0.39 is 0 Å². The first kappa shape index (κ1) is 11.4. The van der Waals surface area contributed by atoms with Crippen LogP contribution in [0.15, 0.2) is 0 Å². The van der Waals surface area contributed by atoms with Crippen LogP contribution in [0.5, 0.6) is 0 Å². The van der Waals surface area contributed by atoms with Gasteiger partial charge in [-0.2, -0.15) is 0 Å². The second kappa shape index (κ2) is 5.83. The normalized spacial score (nSPS) is 30.6. The number of likely N-dealkylation sites (tertiary alicyclic amines) is 1. The predicted molar refractivity (Wildman–Crippen MR) is 62.1 cm³/mol. The van der Waals surface area contributed by atoms with Gasteiger partial charge in [0, 0.05) is 32.3 Å². The molecule has 0 amide bonds. The number of nitrogens with zero attached hydrogens (tertiary/aromatic N) is 1. The van der Waals surface area contributed by atoms with Crippen LogP contribution in [0.2, 0.25) is 0 Å². The van der Waals surface area contributed by atoms with Crippen LogP contribution in [0.3, 0.4) is 0 Å². The maximum Gasteiger partial charge on any atom is 0.0469 e. The van der Waals surface area contributed by atoms with E-state index in [9.17, 15) is 0 Å². The van der Waals surface area contributed by atoms with Gasteiger partial charge in [0.05, 0.1) is 0 Å². The fourth-order valence-electron chi connectivity index (χ4n) is 2.75. The van der Waals surface area contributed by atoms with Gasteiger partial charge in [-0.3, -0.25) is 0 Å². The van der Waals surface area contributed by atoms with Gasteiger partial charge in [0.2, 0.25) is 0 Å². The first-order chi connectivity index (χ1) is 7.38. The Balaban J connectivity index is 1.72. The van der Waals surface area contributed by atoms with Crippen molar-refractivity contribution in [2.24, 2.45) is 5.92 Å². The first-order valence-electron chi connectivity index (χ1n) is 6.36. The van der Waals surface area contributed by atoms with Crippen molar-refractivity contribution in [3.8, 4) is 0 Å². The highest BCUT2D eigenvalue weighted by Gasteiger charge is 2.22. The fraction of sp³-hybridized carbons (Fsp3) is 1.00. The van der Waals surface area contributed by atoms with E-state index in [4.69, 9.17) is 4.74 Å². The van der Waals surface area contributed by atoms with Gasteiger partial charge in [0.25, 0.3) is 0 Å². The van der Waals surface area contributed by atoms with Crippen LogP contribution in [0.25, 0.3) is 0 Å². The molecule has 0 aromatic carbocycles. The molecule has 0 aromatic rings. The lowest BCUT2D eigenvalue weighted by Crippen LogP contribution is -2.46. The number of piperidine rings is 1. The molecule has 1 unspecified atom stereocenters. The molecule has 2 saturated heterocycles. The van der Waals surface area contributed by atoms with Crippen molar-refractivity contribution in [2.45, 2.75) is 31.7 Å². The summed E-state index contributed by atoms with van der Waals surface area (Å²) in [5, 5.41) is 3.40. The van der Waals surface area contributed by atoms with Crippen LogP contribution >= 0.6 is 0 Å². The summed E-state index contributed by atoms with van der Waals surface area (Å²) in [5.41, 5.74) is 0.